The van der Waals surface area contributed by atoms with Crippen molar-refractivity contribution in [1.29, 1.82) is 0 Å². The molecule has 104 valence electrons. The Balaban J connectivity index is 2.21. The van der Waals surface area contributed by atoms with E-state index in [9.17, 15) is 4.79 Å². The first-order chi connectivity index (χ1) is 9.49. The lowest BCUT2D eigenvalue weighted by Crippen LogP contribution is -2.12. The quantitative estimate of drug-likeness (QED) is 0.843. The summed E-state index contributed by atoms with van der Waals surface area (Å²) in [6, 6.07) is 10.6. The van der Waals surface area contributed by atoms with Gasteiger partial charge < -0.3 is 15.8 Å². The smallest absolute Gasteiger partial charge is 0.255 e. The van der Waals surface area contributed by atoms with Crippen molar-refractivity contribution >= 4 is 33.2 Å². The lowest BCUT2D eigenvalue weighted by molar-refractivity contribution is 0.102. The number of methoxy groups -OCH3 is 1. The van der Waals surface area contributed by atoms with Crippen molar-refractivity contribution in [3.63, 3.8) is 0 Å². The van der Waals surface area contributed by atoms with Crippen LogP contribution in [0.1, 0.15) is 15.9 Å². The number of amides is 1. The number of hydrogen-bond donors (Lipinski definition) is 2. The van der Waals surface area contributed by atoms with Gasteiger partial charge in [-0.25, -0.2) is 0 Å². The molecule has 0 aliphatic heterocycles. The Morgan fingerprint density at radius 2 is 2.00 bits per heavy atom. The van der Waals surface area contributed by atoms with Gasteiger partial charge in [0, 0.05) is 21.4 Å². The SMILES string of the molecule is COc1ccc(NC(=O)c2cc(N)cc(Br)c2)cc1C. The van der Waals surface area contributed by atoms with Crippen LogP contribution < -0.4 is 15.8 Å². The Bertz CT molecular complexity index is 636. The molecule has 0 aliphatic carbocycles. The molecule has 3 N–H and O–H groups in total. The van der Waals surface area contributed by atoms with E-state index in [-0.39, 0.29) is 5.91 Å². The van der Waals surface area contributed by atoms with Crippen LogP contribution >= 0.6 is 15.9 Å². The molecule has 0 bridgehead atoms. The van der Waals surface area contributed by atoms with Crippen LogP contribution in [0, 0.1) is 6.92 Å². The van der Waals surface area contributed by atoms with E-state index in [1.54, 1.807) is 31.4 Å². The first-order valence-electron chi connectivity index (χ1n) is 6.01. The molecule has 4 nitrogen and oxygen atoms in total. The van der Waals surface area contributed by atoms with E-state index in [0.717, 1.165) is 15.8 Å². The molecule has 5 heteroatoms. The van der Waals surface area contributed by atoms with Crippen molar-refractivity contribution in [1.82, 2.24) is 0 Å². The third-order valence-corrected chi connectivity index (χ3v) is 3.29. The van der Waals surface area contributed by atoms with Crippen LogP contribution in [0.3, 0.4) is 0 Å². The third kappa shape index (κ3) is 3.30. The summed E-state index contributed by atoms with van der Waals surface area (Å²) in [5, 5.41) is 2.83. The van der Waals surface area contributed by atoms with Crippen molar-refractivity contribution < 1.29 is 9.53 Å². The maximum atomic E-state index is 12.2. The highest BCUT2D eigenvalue weighted by atomic mass is 79.9. The zero-order chi connectivity index (χ0) is 14.7. The topological polar surface area (TPSA) is 64.3 Å². The van der Waals surface area contributed by atoms with Gasteiger partial charge in [0.05, 0.1) is 7.11 Å². The molecule has 0 fully saturated rings. The lowest BCUT2D eigenvalue weighted by Gasteiger charge is -2.09. The monoisotopic (exact) mass is 334 g/mol. The standard InChI is InChI=1S/C15H15BrN2O2/c1-9-5-13(3-4-14(9)20-2)18-15(19)10-6-11(16)8-12(17)7-10/h3-8H,17H2,1-2H3,(H,18,19). The van der Waals surface area contributed by atoms with Gasteiger partial charge in [0.25, 0.3) is 5.91 Å². The molecular weight excluding hydrogens is 320 g/mol. The highest BCUT2D eigenvalue weighted by molar-refractivity contribution is 9.10. The average Bonchev–Trinajstić information content (AvgIpc) is 2.37. The van der Waals surface area contributed by atoms with E-state index in [4.69, 9.17) is 10.5 Å². The number of anilines is 2. The van der Waals surface area contributed by atoms with Gasteiger partial charge in [-0.3, -0.25) is 4.79 Å². The van der Waals surface area contributed by atoms with Gasteiger partial charge in [-0.1, -0.05) is 15.9 Å². The molecule has 0 atom stereocenters. The van der Waals surface area contributed by atoms with Gasteiger partial charge in [0.1, 0.15) is 5.75 Å². The van der Waals surface area contributed by atoms with E-state index in [1.807, 2.05) is 19.1 Å². The Hall–Kier alpha value is -2.01. The summed E-state index contributed by atoms with van der Waals surface area (Å²) in [6.07, 6.45) is 0. The van der Waals surface area contributed by atoms with Gasteiger partial charge in [-0.15, -0.1) is 0 Å². The van der Waals surface area contributed by atoms with Crippen LogP contribution in [0.4, 0.5) is 11.4 Å². The van der Waals surface area contributed by atoms with Crippen molar-refractivity contribution in [2.45, 2.75) is 6.92 Å². The number of ether oxygens (including phenoxy) is 1. The van der Waals surface area contributed by atoms with Crippen molar-refractivity contribution in [3.05, 3.63) is 52.0 Å². The number of nitrogens with two attached hydrogens (primary N) is 1. The minimum atomic E-state index is -0.206. The number of carbonyl (C=O) groups excluding carboxylic acids is 1. The van der Waals surface area contributed by atoms with Crippen LogP contribution in [0.15, 0.2) is 40.9 Å². The molecule has 0 saturated heterocycles. The Labute approximate surface area is 126 Å². The third-order valence-electron chi connectivity index (χ3n) is 2.84. The number of aryl methyl sites for hydroxylation is 1. The predicted octanol–water partition coefficient (Wildman–Crippen LogP) is 3.60. The van der Waals surface area contributed by atoms with Crippen molar-refractivity contribution in [3.8, 4) is 5.75 Å². The lowest BCUT2D eigenvalue weighted by atomic mass is 10.1. The largest absolute Gasteiger partial charge is 0.496 e. The predicted molar refractivity (Wildman–Crippen MR) is 84.2 cm³/mol. The Kier molecular flexibility index (Phi) is 4.29. The average molecular weight is 335 g/mol. The summed E-state index contributed by atoms with van der Waals surface area (Å²) < 4.78 is 5.96. The molecular formula is C15H15BrN2O2. The molecule has 0 saturated carbocycles. The first-order valence-corrected chi connectivity index (χ1v) is 6.81. The highest BCUT2D eigenvalue weighted by Gasteiger charge is 2.09. The zero-order valence-electron chi connectivity index (χ0n) is 11.2. The molecule has 0 aliphatic rings. The van der Waals surface area contributed by atoms with Crippen molar-refractivity contribution in [2.24, 2.45) is 0 Å². The van der Waals surface area contributed by atoms with Gasteiger partial charge in [0.2, 0.25) is 0 Å². The molecule has 0 heterocycles. The van der Waals surface area contributed by atoms with E-state index in [2.05, 4.69) is 21.2 Å². The van der Waals surface area contributed by atoms with Gasteiger partial charge in [0.15, 0.2) is 0 Å². The number of halogens is 1. The molecule has 0 aromatic heterocycles. The second-order valence-corrected chi connectivity index (χ2v) is 5.33. The molecule has 1 amide bonds. The Morgan fingerprint density at radius 1 is 1.25 bits per heavy atom. The highest BCUT2D eigenvalue weighted by Crippen LogP contribution is 2.23. The van der Waals surface area contributed by atoms with Crippen LogP contribution in [-0.2, 0) is 0 Å². The molecule has 0 unspecified atom stereocenters. The fourth-order valence-corrected chi connectivity index (χ4v) is 2.41. The summed E-state index contributed by atoms with van der Waals surface area (Å²) in [5.74, 6) is 0.581. The molecule has 0 radical (unpaired) electrons. The first kappa shape index (κ1) is 14.4. The van der Waals surface area contributed by atoms with E-state index in [0.29, 0.717) is 16.9 Å². The number of nitrogen functional groups attached to an aromatic ring is 1. The number of benzene rings is 2. The molecule has 0 spiro atoms. The van der Waals surface area contributed by atoms with E-state index >= 15 is 0 Å². The molecule has 2 aromatic rings. The zero-order valence-corrected chi connectivity index (χ0v) is 12.8. The number of hydrogen-bond acceptors (Lipinski definition) is 3. The van der Waals surface area contributed by atoms with E-state index < -0.39 is 0 Å². The summed E-state index contributed by atoms with van der Waals surface area (Å²) in [6.45, 7) is 1.92. The van der Waals surface area contributed by atoms with Crippen LogP contribution in [-0.4, -0.2) is 13.0 Å². The maximum Gasteiger partial charge on any atom is 0.255 e. The summed E-state index contributed by atoms with van der Waals surface area (Å²) >= 11 is 3.32. The van der Waals surface area contributed by atoms with Crippen LogP contribution in [0.25, 0.3) is 0 Å². The fraction of sp³-hybridized carbons (Fsp3) is 0.133. The van der Waals surface area contributed by atoms with E-state index in [1.165, 1.54) is 0 Å². The maximum absolute atomic E-state index is 12.2. The van der Waals surface area contributed by atoms with Gasteiger partial charge in [-0.2, -0.15) is 0 Å². The van der Waals surface area contributed by atoms with Crippen LogP contribution in [0.2, 0.25) is 0 Å². The van der Waals surface area contributed by atoms with Crippen LogP contribution in [0.5, 0.6) is 5.75 Å². The normalized spacial score (nSPS) is 10.2. The number of rotatable bonds is 3. The molecule has 20 heavy (non-hydrogen) atoms. The minimum Gasteiger partial charge on any atom is -0.496 e. The second-order valence-electron chi connectivity index (χ2n) is 4.41. The fourth-order valence-electron chi connectivity index (χ4n) is 1.90. The number of carbonyl (C=O) groups is 1. The molecule has 2 aromatic carbocycles. The summed E-state index contributed by atoms with van der Waals surface area (Å²) in [5.41, 5.74) is 8.44. The van der Waals surface area contributed by atoms with Gasteiger partial charge >= 0.3 is 0 Å². The molecule has 2 rings (SSSR count). The number of nitrogens with one attached hydrogen (secondary N) is 1. The summed E-state index contributed by atoms with van der Waals surface area (Å²) in [7, 11) is 1.62. The summed E-state index contributed by atoms with van der Waals surface area (Å²) in [4.78, 5) is 12.2. The Morgan fingerprint density at radius 3 is 2.60 bits per heavy atom. The minimum absolute atomic E-state index is 0.206. The van der Waals surface area contributed by atoms with Gasteiger partial charge in [-0.05, 0) is 48.9 Å². The van der Waals surface area contributed by atoms with Crippen molar-refractivity contribution in [2.75, 3.05) is 18.2 Å². The second kappa shape index (κ2) is 5.96.